The first-order chi connectivity index (χ1) is 13.8. The molecular formula is C23H19N5. The van der Waals surface area contributed by atoms with Crippen LogP contribution >= 0.6 is 0 Å². The average Bonchev–Trinajstić information content (AvgIpc) is 2.79. The van der Waals surface area contributed by atoms with Gasteiger partial charge in [-0.05, 0) is 12.5 Å². The van der Waals surface area contributed by atoms with E-state index in [9.17, 15) is 0 Å². The highest BCUT2D eigenvalue weighted by molar-refractivity contribution is 5.98. The highest BCUT2D eigenvalue weighted by Gasteiger charge is 2.13. The standard InChI is InChI=1S/C23H19N5/c1-17(18-11-5-2-6-12-18)25-27-23-24-21(19-13-7-3-8-14-19)22(26-28-23)20-15-9-4-10-16-20/h2-16H,1H3,(H,24,27,28). The Morgan fingerprint density at radius 2 is 1.21 bits per heavy atom. The number of nitrogens with one attached hydrogen (secondary N) is 1. The van der Waals surface area contributed by atoms with Gasteiger partial charge in [0.15, 0.2) is 0 Å². The fourth-order valence-electron chi connectivity index (χ4n) is 2.84. The van der Waals surface area contributed by atoms with Crippen LogP contribution in [0.15, 0.2) is 96.1 Å². The zero-order valence-electron chi connectivity index (χ0n) is 15.4. The van der Waals surface area contributed by atoms with Gasteiger partial charge in [0.1, 0.15) is 11.4 Å². The summed E-state index contributed by atoms with van der Waals surface area (Å²) in [6.45, 7) is 1.94. The maximum atomic E-state index is 4.69. The quantitative estimate of drug-likeness (QED) is 0.397. The molecule has 0 amide bonds. The van der Waals surface area contributed by atoms with Gasteiger partial charge >= 0.3 is 0 Å². The van der Waals surface area contributed by atoms with Gasteiger partial charge in [-0.15, -0.1) is 10.2 Å². The number of hydrogen-bond donors (Lipinski definition) is 1. The van der Waals surface area contributed by atoms with E-state index in [1.165, 1.54) is 0 Å². The van der Waals surface area contributed by atoms with Crippen LogP contribution in [0.5, 0.6) is 0 Å². The highest BCUT2D eigenvalue weighted by atomic mass is 15.4. The van der Waals surface area contributed by atoms with Crippen molar-refractivity contribution < 1.29 is 0 Å². The molecular weight excluding hydrogens is 346 g/mol. The Labute approximate surface area is 163 Å². The third kappa shape index (κ3) is 3.94. The number of anilines is 1. The third-order valence-electron chi connectivity index (χ3n) is 4.30. The minimum atomic E-state index is 0.355. The van der Waals surface area contributed by atoms with Crippen molar-refractivity contribution in [1.29, 1.82) is 0 Å². The molecule has 0 spiro atoms. The van der Waals surface area contributed by atoms with Crippen molar-refractivity contribution >= 4 is 11.7 Å². The summed E-state index contributed by atoms with van der Waals surface area (Å²) in [5.74, 6) is 0.355. The van der Waals surface area contributed by atoms with Gasteiger partial charge in [-0.2, -0.15) is 5.10 Å². The molecule has 1 heterocycles. The molecule has 3 aromatic carbocycles. The van der Waals surface area contributed by atoms with Crippen molar-refractivity contribution in [1.82, 2.24) is 15.2 Å². The summed E-state index contributed by atoms with van der Waals surface area (Å²) in [6, 6.07) is 29.9. The van der Waals surface area contributed by atoms with E-state index in [0.29, 0.717) is 5.95 Å². The summed E-state index contributed by atoms with van der Waals surface area (Å²) < 4.78 is 0. The molecule has 4 aromatic rings. The molecule has 1 N–H and O–H groups in total. The van der Waals surface area contributed by atoms with Crippen LogP contribution in [0.2, 0.25) is 0 Å². The average molecular weight is 365 g/mol. The molecule has 0 aliphatic heterocycles. The fourth-order valence-corrected chi connectivity index (χ4v) is 2.84. The largest absolute Gasteiger partial charge is 0.263 e. The number of nitrogens with zero attached hydrogens (tertiary/aromatic N) is 4. The topological polar surface area (TPSA) is 63.1 Å². The van der Waals surface area contributed by atoms with E-state index in [2.05, 4.69) is 20.7 Å². The van der Waals surface area contributed by atoms with Gasteiger partial charge in [0.25, 0.3) is 5.95 Å². The summed E-state index contributed by atoms with van der Waals surface area (Å²) in [4.78, 5) is 4.69. The third-order valence-corrected chi connectivity index (χ3v) is 4.30. The number of hydrogen-bond acceptors (Lipinski definition) is 5. The molecule has 0 aliphatic rings. The lowest BCUT2D eigenvalue weighted by Gasteiger charge is -2.09. The number of hydrazone groups is 1. The van der Waals surface area contributed by atoms with Crippen molar-refractivity contribution in [3.8, 4) is 22.5 Å². The zero-order valence-corrected chi connectivity index (χ0v) is 15.4. The zero-order chi connectivity index (χ0) is 19.2. The second kappa shape index (κ2) is 8.22. The Hall–Kier alpha value is -3.86. The number of benzene rings is 3. The monoisotopic (exact) mass is 365 g/mol. The Balaban J connectivity index is 1.71. The van der Waals surface area contributed by atoms with Crippen LogP contribution in [0.4, 0.5) is 5.95 Å². The van der Waals surface area contributed by atoms with Gasteiger partial charge in [0.05, 0.1) is 5.71 Å². The molecule has 0 saturated carbocycles. The minimum Gasteiger partial charge on any atom is -0.244 e. The molecule has 1 aromatic heterocycles. The van der Waals surface area contributed by atoms with Crippen LogP contribution in [0, 0.1) is 0 Å². The van der Waals surface area contributed by atoms with Crippen LogP contribution in [-0.2, 0) is 0 Å². The van der Waals surface area contributed by atoms with Crippen molar-refractivity contribution in [3.05, 3.63) is 96.6 Å². The van der Waals surface area contributed by atoms with Gasteiger partial charge < -0.3 is 0 Å². The lowest BCUT2D eigenvalue weighted by molar-refractivity contribution is 0.972. The lowest BCUT2D eigenvalue weighted by atomic mass is 10.0. The molecule has 0 aliphatic carbocycles. The molecule has 28 heavy (non-hydrogen) atoms. The molecule has 0 radical (unpaired) electrons. The van der Waals surface area contributed by atoms with Crippen LogP contribution < -0.4 is 5.43 Å². The minimum absolute atomic E-state index is 0.355. The Morgan fingerprint density at radius 3 is 1.82 bits per heavy atom. The van der Waals surface area contributed by atoms with Crippen molar-refractivity contribution in [2.75, 3.05) is 5.43 Å². The van der Waals surface area contributed by atoms with E-state index in [0.717, 1.165) is 33.8 Å². The SMILES string of the molecule is CC(=NNc1nnc(-c2ccccc2)c(-c2ccccc2)n1)c1ccccc1. The normalized spacial score (nSPS) is 11.2. The van der Waals surface area contributed by atoms with Gasteiger partial charge in [0, 0.05) is 11.1 Å². The summed E-state index contributed by atoms with van der Waals surface area (Å²) in [5.41, 5.74) is 8.26. The molecule has 0 fully saturated rings. The predicted molar refractivity (Wildman–Crippen MR) is 113 cm³/mol. The smallest absolute Gasteiger partial charge is 0.244 e. The lowest BCUT2D eigenvalue weighted by Crippen LogP contribution is -2.05. The van der Waals surface area contributed by atoms with E-state index in [1.807, 2.05) is 97.9 Å². The van der Waals surface area contributed by atoms with Crippen LogP contribution in [-0.4, -0.2) is 20.9 Å². The highest BCUT2D eigenvalue weighted by Crippen LogP contribution is 2.28. The number of aromatic nitrogens is 3. The van der Waals surface area contributed by atoms with E-state index < -0.39 is 0 Å². The fraction of sp³-hybridized carbons (Fsp3) is 0.0435. The molecule has 0 bridgehead atoms. The second-order valence-corrected chi connectivity index (χ2v) is 6.24. The Bertz CT molecular complexity index is 1080. The van der Waals surface area contributed by atoms with E-state index in [1.54, 1.807) is 0 Å². The van der Waals surface area contributed by atoms with E-state index in [-0.39, 0.29) is 0 Å². The first-order valence-electron chi connectivity index (χ1n) is 9.02. The van der Waals surface area contributed by atoms with Crippen LogP contribution in [0.1, 0.15) is 12.5 Å². The first kappa shape index (κ1) is 17.5. The van der Waals surface area contributed by atoms with E-state index >= 15 is 0 Å². The number of rotatable bonds is 5. The summed E-state index contributed by atoms with van der Waals surface area (Å²) in [7, 11) is 0. The first-order valence-corrected chi connectivity index (χ1v) is 9.02. The van der Waals surface area contributed by atoms with E-state index in [4.69, 9.17) is 4.98 Å². The molecule has 4 rings (SSSR count). The summed E-state index contributed by atoms with van der Waals surface area (Å²) in [6.07, 6.45) is 0. The van der Waals surface area contributed by atoms with Gasteiger partial charge in [-0.3, -0.25) is 0 Å². The van der Waals surface area contributed by atoms with Crippen molar-refractivity contribution in [2.45, 2.75) is 6.92 Å². The van der Waals surface area contributed by atoms with Crippen LogP contribution in [0.25, 0.3) is 22.5 Å². The van der Waals surface area contributed by atoms with Gasteiger partial charge in [-0.25, -0.2) is 10.4 Å². The van der Waals surface area contributed by atoms with Gasteiger partial charge in [-0.1, -0.05) is 91.0 Å². The Kier molecular flexibility index (Phi) is 5.15. The molecule has 5 nitrogen and oxygen atoms in total. The molecule has 136 valence electrons. The molecule has 0 atom stereocenters. The summed E-state index contributed by atoms with van der Waals surface area (Å²) in [5, 5.41) is 13.1. The van der Waals surface area contributed by atoms with Crippen molar-refractivity contribution in [2.24, 2.45) is 5.10 Å². The second-order valence-electron chi connectivity index (χ2n) is 6.24. The molecule has 0 unspecified atom stereocenters. The van der Waals surface area contributed by atoms with Gasteiger partial charge in [0.2, 0.25) is 0 Å². The predicted octanol–water partition coefficient (Wildman–Crippen LogP) is 5.04. The molecule has 0 saturated heterocycles. The maximum Gasteiger partial charge on any atom is 0.263 e. The summed E-state index contributed by atoms with van der Waals surface area (Å²) >= 11 is 0. The molecule has 5 heteroatoms. The van der Waals surface area contributed by atoms with Crippen molar-refractivity contribution in [3.63, 3.8) is 0 Å². The van der Waals surface area contributed by atoms with Crippen LogP contribution in [0.3, 0.4) is 0 Å². The maximum absolute atomic E-state index is 4.69. The Morgan fingerprint density at radius 1 is 0.679 bits per heavy atom.